The van der Waals surface area contributed by atoms with Gasteiger partial charge in [-0.2, -0.15) is 0 Å². The number of nitrogens with zero attached hydrogens (tertiary/aromatic N) is 2. The summed E-state index contributed by atoms with van der Waals surface area (Å²) in [6, 6.07) is 6.09. The van der Waals surface area contributed by atoms with E-state index in [1.807, 2.05) is 45.9 Å². The third-order valence-corrected chi connectivity index (χ3v) is 3.37. The van der Waals surface area contributed by atoms with E-state index in [2.05, 4.69) is 22.2 Å². The number of aryl methyl sites for hydroxylation is 1. The number of hydrogen-bond acceptors (Lipinski definition) is 3. The summed E-state index contributed by atoms with van der Waals surface area (Å²) in [7, 11) is 3.45. The van der Waals surface area contributed by atoms with Crippen LogP contribution in [-0.4, -0.2) is 49.6 Å². The fourth-order valence-corrected chi connectivity index (χ4v) is 2.04. The third kappa shape index (κ3) is 10.2. The van der Waals surface area contributed by atoms with Crippen molar-refractivity contribution in [3.05, 3.63) is 42.0 Å². The SMILES string of the molecule is C=CCNC(=NCc1ccc(C)cc1OC(C)(C)C)NCC(=O)N(C)C.I. The van der Waals surface area contributed by atoms with Crippen LogP contribution in [0.4, 0.5) is 0 Å². The van der Waals surface area contributed by atoms with Gasteiger partial charge in [0.1, 0.15) is 11.4 Å². The predicted octanol–water partition coefficient (Wildman–Crippen LogP) is 3.10. The molecule has 0 heterocycles. The van der Waals surface area contributed by atoms with Crippen LogP contribution in [0.3, 0.4) is 0 Å². The highest BCUT2D eigenvalue weighted by atomic mass is 127. The topological polar surface area (TPSA) is 66.0 Å². The molecule has 27 heavy (non-hydrogen) atoms. The van der Waals surface area contributed by atoms with Crippen LogP contribution >= 0.6 is 24.0 Å². The predicted molar refractivity (Wildman–Crippen MR) is 123 cm³/mol. The molecule has 1 rings (SSSR count). The van der Waals surface area contributed by atoms with Crippen LogP contribution in [0, 0.1) is 6.92 Å². The highest BCUT2D eigenvalue weighted by molar-refractivity contribution is 14.0. The number of carbonyl (C=O) groups is 1. The average molecular weight is 488 g/mol. The third-order valence-electron chi connectivity index (χ3n) is 3.37. The van der Waals surface area contributed by atoms with Gasteiger partial charge in [0, 0.05) is 26.2 Å². The number of benzene rings is 1. The molecule has 6 nitrogen and oxygen atoms in total. The molecule has 7 heteroatoms. The second-order valence-electron chi connectivity index (χ2n) is 7.30. The lowest BCUT2D eigenvalue weighted by molar-refractivity contribution is -0.127. The van der Waals surface area contributed by atoms with Crippen molar-refractivity contribution in [2.24, 2.45) is 4.99 Å². The molecule has 1 aromatic carbocycles. The van der Waals surface area contributed by atoms with Crippen LogP contribution in [0.5, 0.6) is 5.75 Å². The number of likely N-dealkylation sites (N-methyl/N-ethyl adjacent to an activating group) is 1. The van der Waals surface area contributed by atoms with Crippen molar-refractivity contribution in [2.45, 2.75) is 39.8 Å². The highest BCUT2D eigenvalue weighted by Gasteiger charge is 2.15. The first-order chi connectivity index (χ1) is 12.1. The van der Waals surface area contributed by atoms with Crippen LogP contribution in [0.15, 0.2) is 35.8 Å². The molecule has 0 fully saturated rings. The van der Waals surface area contributed by atoms with Crippen molar-refractivity contribution in [3.8, 4) is 5.75 Å². The van der Waals surface area contributed by atoms with Gasteiger partial charge in [-0.1, -0.05) is 18.2 Å². The molecule has 0 radical (unpaired) electrons. The smallest absolute Gasteiger partial charge is 0.241 e. The fourth-order valence-electron chi connectivity index (χ4n) is 2.04. The van der Waals surface area contributed by atoms with E-state index in [1.165, 1.54) is 4.90 Å². The Morgan fingerprint density at radius 1 is 1.30 bits per heavy atom. The maximum absolute atomic E-state index is 11.8. The molecular weight excluding hydrogens is 455 g/mol. The first-order valence-corrected chi connectivity index (χ1v) is 8.74. The number of aliphatic imine (C=N–C) groups is 1. The summed E-state index contributed by atoms with van der Waals surface area (Å²) >= 11 is 0. The molecule has 0 bridgehead atoms. The summed E-state index contributed by atoms with van der Waals surface area (Å²) in [6.07, 6.45) is 1.74. The number of halogens is 1. The van der Waals surface area contributed by atoms with Gasteiger partial charge < -0.3 is 20.3 Å². The monoisotopic (exact) mass is 488 g/mol. The van der Waals surface area contributed by atoms with E-state index in [1.54, 1.807) is 20.2 Å². The Hall–Kier alpha value is -1.77. The van der Waals surface area contributed by atoms with E-state index in [0.717, 1.165) is 16.9 Å². The maximum Gasteiger partial charge on any atom is 0.241 e. The Bertz CT molecular complexity index is 652. The highest BCUT2D eigenvalue weighted by Crippen LogP contribution is 2.25. The first kappa shape index (κ1) is 25.2. The summed E-state index contributed by atoms with van der Waals surface area (Å²) in [5, 5.41) is 6.17. The minimum Gasteiger partial charge on any atom is -0.488 e. The average Bonchev–Trinajstić information content (AvgIpc) is 2.53. The van der Waals surface area contributed by atoms with E-state index in [0.29, 0.717) is 19.0 Å². The molecule has 2 N–H and O–H groups in total. The molecular formula is C20H33IN4O2. The normalized spacial score (nSPS) is 11.3. The number of hydrogen-bond donors (Lipinski definition) is 2. The van der Waals surface area contributed by atoms with Crippen molar-refractivity contribution in [1.29, 1.82) is 0 Å². The van der Waals surface area contributed by atoms with Gasteiger partial charge in [0.15, 0.2) is 5.96 Å². The number of amides is 1. The van der Waals surface area contributed by atoms with Gasteiger partial charge >= 0.3 is 0 Å². The van der Waals surface area contributed by atoms with Crippen molar-refractivity contribution in [3.63, 3.8) is 0 Å². The van der Waals surface area contributed by atoms with E-state index in [4.69, 9.17) is 4.74 Å². The molecule has 0 atom stereocenters. The van der Waals surface area contributed by atoms with Gasteiger partial charge in [-0.25, -0.2) is 4.99 Å². The summed E-state index contributed by atoms with van der Waals surface area (Å²) in [5.74, 6) is 1.36. The minimum atomic E-state index is -0.285. The van der Waals surface area contributed by atoms with Crippen molar-refractivity contribution in [1.82, 2.24) is 15.5 Å². The largest absolute Gasteiger partial charge is 0.488 e. The van der Waals surface area contributed by atoms with Gasteiger partial charge in [-0.05, 0) is 39.3 Å². The summed E-state index contributed by atoms with van der Waals surface area (Å²) in [5.41, 5.74) is 1.84. The summed E-state index contributed by atoms with van der Waals surface area (Å²) in [4.78, 5) is 17.9. The van der Waals surface area contributed by atoms with Gasteiger partial charge in [0.25, 0.3) is 0 Å². The number of nitrogens with one attached hydrogen (secondary N) is 2. The Morgan fingerprint density at radius 3 is 2.52 bits per heavy atom. The number of guanidine groups is 1. The first-order valence-electron chi connectivity index (χ1n) is 8.74. The van der Waals surface area contributed by atoms with Gasteiger partial charge in [-0.15, -0.1) is 30.6 Å². The minimum absolute atomic E-state index is 0. The summed E-state index contributed by atoms with van der Waals surface area (Å²) < 4.78 is 6.07. The van der Waals surface area contributed by atoms with Crippen LogP contribution in [0.25, 0.3) is 0 Å². The summed E-state index contributed by atoms with van der Waals surface area (Å²) in [6.45, 7) is 13.0. The van der Waals surface area contributed by atoms with Crippen LogP contribution in [0.2, 0.25) is 0 Å². The Labute approximate surface area is 180 Å². The fraction of sp³-hybridized carbons (Fsp3) is 0.500. The lowest BCUT2D eigenvalue weighted by atomic mass is 10.1. The van der Waals surface area contributed by atoms with Gasteiger partial charge in [0.2, 0.25) is 5.91 Å². The zero-order valence-electron chi connectivity index (χ0n) is 17.3. The van der Waals surface area contributed by atoms with Crippen LogP contribution in [-0.2, 0) is 11.3 Å². The zero-order chi connectivity index (χ0) is 19.7. The second kappa shape index (κ2) is 11.8. The molecule has 0 aliphatic carbocycles. The number of rotatable bonds is 7. The van der Waals surface area contributed by atoms with E-state index >= 15 is 0 Å². The zero-order valence-corrected chi connectivity index (χ0v) is 19.6. The van der Waals surface area contributed by atoms with E-state index in [9.17, 15) is 4.79 Å². The van der Waals surface area contributed by atoms with Gasteiger partial charge in [0.05, 0.1) is 13.1 Å². The quantitative estimate of drug-likeness (QED) is 0.268. The number of carbonyl (C=O) groups excluding carboxylic acids is 1. The molecule has 0 aromatic heterocycles. The van der Waals surface area contributed by atoms with Crippen molar-refractivity contribution in [2.75, 3.05) is 27.2 Å². The van der Waals surface area contributed by atoms with Gasteiger partial charge in [-0.3, -0.25) is 4.79 Å². The molecule has 0 aliphatic heterocycles. The molecule has 152 valence electrons. The van der Waals surface area contributed by atoms with Crippen LogP contribution < -0.4 is 15.4 Å². The Balaban J connectivity index is 0.00000676. The number of ether oxygens (including phenoxy) is 1. The lowest BCUT2D eigenvalue weighted by Crippen LogP contribution is -2.43. The van der Waals surface area contributed by atoms with E-state index in [-0.39, 0.29) is 42.0 Å². The molecule has 0 saturated carbocycles. The van der Waals surface area contributed by atoms with Crippen molar-refractivity contribution >= 4 is 35.8 Å². The Morgan fingerprint density at radius 2 is 1.96 bits per heavy atom. The standard InChI is InChI=1S/C20H32N4O2.HI/c1-8-11-21-19(23-14-18(25)24(6)7)22-13-16-10-9-15(2)12-17(16)26-20(3,4)5;/h8-10,12H,1,11,13-14H2,2-7H3,(H2,21,22,23);1H. The lowest BCUT2D eigenvalue weighted by Gasteiger charge is -2.23. The van der Waals surface area contributed by atoms with Crippen LogP contribution in [0.1, 0.15) is 31.9 Å². The Kier molecular flexibility index (Phi) is 11.1. The molecule has 0 saturated heterocycles. The molecule has 0 spiro atoms. The van der Waals surface area contributed by atoms with Crippen molar-refractivity contribution < 1.29 is 9.53 Å². The molecule has 0 unspecified atom stereocenters. The maximum atomic E-state index is 11.8. The molecule has 1 amide bonds. The molecule has 0 aliphatic rings. The van der Waals surface area contributed by atoms with E-state index < -0.39 is 0 Å². The second-order valence-corrected chi connectivity index (χ2v) is 7.30. The molecule has 1 aromatic rings.